The minimum Gasteiger partial charge on any atom is -0.382 e. The average molecular weight is 328 g/mol. The molecule has 0 aromatic carbocycles. The lowest BCUT2D eigenvalue weighted by molar-refractivity contribution is -0.126. The van der Waals surface area contributed by atoms with Crippen LogP contribution in [-0.4, -0.2) is 43.9 Å². The van der Waals surface area contributed by atoms with Gasteiger partial charge in [-0.15, -0.1) is 0 Å². The molecule has 2 N–H and O–H groups in total. The molecule has 1 aliphatic carbocycles. The van der Waals surface area contributed by atoms with Crippen molar-refractivity contribution in [3.05, 3.63) is 24.3 Å². The molecule has 24 heavy (non-hydrogen) atoms. The summed E-state index contributed by atoms with van der Waals surface area (Å²) in [4.78, 5) is 26.8. The number of carbonyl (C=O) groups is 1. The molecule has 1 amide bonds. The number of carbonyl (C=O) groups excluding carboxylic acids is 1. The van der Waals surface area contributed by atoms with Gasteiger partial charge in [-0.05, 0) is 32.1 Å². The summed E-state index contributed by atoms with van der Waals surface area (Å²) in [5.74, 6) is 0.560. The van der Waals surface area contributed by atoms with Crippen LogP contribution in [-0.2, 0) is 11.3 Å². The van der Waals surface area contributed by atoms with Gasteiger partial charge in [-0.3, -0.25) is 4.79 Å². The van der Waals surface area contributed by atoms with Crippen molar-refractivity contribution in [1.29, 1.82) is 0 Å². The second-order valence-electron chi connectivity index (χ2n) is 6.28. The van der Waals surface area contributed by atoms with E-state index in [2.05, 4.69) is 21.0 Å². The van der Waals surface area contributed by atoms with Gasteiger partial charge in [0.1, 0.15) is 11.8 Å². The molecule has 128 valence electrons. The monoisotopic (exact) mass is 328 g/mol. The summed E-state index contributed by atoms with van der Waals surface area (Å²) >= 11 is 0. The smallest absolute Gasteiger partial charge is 0.249 e. The Balaban J connectivity index is 1.56. The van der Waals surface area contributed by atoms with Gasteiger partial charge in [0.05, 0.1) is 6.33 Å². The number of anilines is 1. The van der Waals surface area contributed by atoms with E-state index in [1.54, 1.807) is 6.33 Å². The Hall–Kier alpha value is -2.44. The first-order valence-electron chi connectivity index (χ1n) is 8.52. The average Bonchev–Trinajstić information content (AvgIpc) is 2.82. The number of nitrogens with zero attached hydrogens (tertiary/aromatic N) is 5. The highest BCUT2D eigenvalue weighted by Gasteiger charge is 2.16. The number of hydrogen-bond donors (Lipinski definition) is 1. The van der Waals surface area contributed by atoms with Crippen LogP contribution >= 0.6 is 0 Å². The Morgan fingerprint density at radius 3 is 3.04 bits per heavy atom. The summed E-state index contributed by atoms with van der Waals surface area (Å²) in [5.41, 5.74) is 8.14. The maximum absolute atomic E-state index is 12.5. The Bertz CT molecular complexity index is 751. The molecule has 7 nitrogen and oxygen atoms in total. The van der Waals surface area contributed by atoms with Crippen LogP contribution in [0.3, 0.4) is 0 Å². The van der Waals surface area contributed by atoms with E-state index in [-0.39, 0.29) is 5.91 Å². The largest absolute Gasteiger partial charge is 0.382 e. The molecule has 0 aliphatic heterocycles. The van der Waals surface area contributed by atoms with Gasteiger partial charge in [0, 0.05) is 25.7 Å². The number of rotatable bonds is 5. The van der Waals surface area contributed by atoms with Crippen molar-refractivity contribution in [3.8, 4) is 0 Å². The maximum atomic E-state index is 12.5. The molecule has 0 saturated carbocycles. The summed E-state index contributed by atoms with van der Waals surface area (Å²) in [6.07, 6.45) is 11.6. The van der Waals surface area contributed by atoms with Crippen LogP contribution in [0.15, 0.2) is 24.3 Å². The number of imidazole rings is 1. The Kier molecular flexibility index (Phi) is 5.08. The summed E-state index contributed by atoms with van der Waals surface area (Å²) in [6, 6.07) is 0. The molecule has 2 aromatic rings. The number of fused-ring (bicyclic) bond motifs is 1. The second kappa shape index (κ2) is 7.42. The van der Waals surface area contributed by atoms with Gasteiger partial charge >= 0.3 is 0 Å². The Morgan fingerprint density at radius 2 is 2.17 bits per heavy atom. The van der Waals surface area contributed by atoms with E-state index >= 15 is 0 Å². The third-order valence-electron chi connectivity index (χ3n) is 4.48. The lowest BCUT2D eigenvalue weighted by Gasteiger charge is -2.19. The van der Waals surface area contributed by atoms with Crippen LogP contribution < -0.4 is 5.73 Å². The molecule has 0 spiro atoms. The number of hydrogen-bond acceptors (Lipinski definition) is 5. The first-order valence-corrected chi connectivity index (χ1v) is 8.52. The number of likely N-dealkylation sites (N-methyl/N-ethyl adjacent to an activating group) is 1. The number of aromatic nitrogens is 4. The van der Waals surface area contributed by atoms with Crippen LogP contribution in [0.25, 0.3) is 11.2 Å². The molecule has 0 atom stereocenters. The molecule has 2 aromatic heterocycles. The van der Waals surface area contributed by atoms with E-state index in [4.69, 9.17) is 5.73 Å². The molecule has 0 bridgehead atoms. The number of nitrogens with two attached hydrogens (primary N) is 1. The number of allylic oxidation sites excluding steroid dienone is 1. The number of aryl methyl sites for hydroxylation is 1. The fraction of sp³-hybridized carbons (Fsp3) is 0.529. The predicted octanol–water partition coefficient (Wildman–Crippen LogP) is 2.15. The minimum absolute atomic E-state index is 0.166. The quantitative estimate of drug-likeness (QED) is 0.908. The molecular formula is C17H24N6O. The summed E-state index contributed by atoms with van der Waals surface area (Å²) in [6.45, 7) is 1.44. The van der Waals surface area contributed by atoms with Crippen molar-refractivity contribution in [1.82, 2.24) is 24.4 Å². The highest BCUT2D eigenvalue weighted by Crippen LogP contribution is 2.19. The van der Waals surface area contributed by atoms with Crippen molar-refractivity contribution in [3.63, 3.8) is 0 Å². The summed E-state index contributed by atoms with van der Waals surface area (Å²) in [7, 11) is 1.88. The van der Waals surface area contributed by atoms with Gasteiger partial charge in [0.25, 0.3) is 0 Å². The SMILES string of the molecule is CN(CCCn1cnc2c(N)ncnc21)C(=O)C1=CCCCCC1. The van der Waals surface area contributed by atoms with Gasteiger partial charge < -0.3 is 15.2 Å². The Morgan fingerprint density at radius 1 is 1.29 bits per heavy atom. The summed E-state index contributed by atoms with van der Waals surface area (Å²) < 4.78 is 1.95. The third kappa shape index (κ3) is 3.55. The minimum atomic E-state index is 0.166. The van der Waals surface area contributed by atoms with E-state index in [0.717, 1.165) is 43.4 Å². The number of nitrogen functional groups attached to an aromatic ring is 1. The first-order chi connectivity index (χ1) is 11.7. The van der Waals surface area contributed by atoms with E-state index in [1.807, 2.05) is 16.5 Å². The fourth-order valence-electron chi connectivity index (χ4n) is 3.10. The van der Waals surface area contributed by atoms with Crippen LogP contribution in [0.5, 0.6) is 0 Å². The third-order valence-corrected chi connectivity index (χ3v) is 4.48. The number of amides is 1. The normalized spacial score (nSPS) is 15.1. The van der Waals surface area contributed by atoms with Crippen LogP contribution in [0.4, 0.5) is 5.82 Å². The molecule has 0 radical (unpaired) electrons. The Labute approximate surface area is 141 Å². The molecule has 7 heteroatoms. The summed E-state index contributed by atoms with van der Waals surface area (Å²) in [5, 5.41) is 0. The molecule has 3 rings (SSSR count). The lowest BCUT2D eigenvalue weighted by atomic mass is 10.1. The van der Waals surface area contributed by atoms with E-state index in [1.165, 1.54) is 19.2 Å². The lowest BCUT2D eigenvalue weighted by Crippen LogP contribution is -2.29. The van der Waals surface area contributed by atoms with Gasteiger partial charge in [-0.1, -0.05) is 12.5 Å². The van der Waals surface area contributed by atoms with Gasteiger partial charge in [-0.25, -0.2) is 15.0 Å². The van der Waals surface area contributed by atoms with Crippen molar-refractivity contribution in [2.24, 2.45) is 0 Å². The highest BCUT2D eigenvalue weighted by molar-refractivity contribution is 5.93. The van der Waals surface area contributed by atoms with E-state index in [9.17, 15) is 4.79 Å². The van der Waals surface area contributed by atoms with Crippen molar-refractivity contribution < 1.29 is 4.79 Å². The topological polar surface area (TPSA) is 89.9 Å². The molecule has 0 unspecified atom stereocenters. The second-order valence-corrected chi connectivity index (χ2v) is 6.28. The molecule has 0 saturated heterocycles. The molecular weight excluding hydrogens is 304 g/mol. The van der Waals surface area contributed by atoms with Crippen molar-refractivity contribution in [2.45, 2.75) is 45.1 Å². The fourth-order valence-corrected chi connectivity index (χ4v) is 3.10. The zero-order valence-corrected chi connectivity index (χ0v) is 14.1. The van der Waals surface area contributed by atoms with Crippen molar-refractivity contribution in [2.75, 3.05) is 19.3 Å². The van der Waals surface area contributed by atoms with Crippen LogP contribution in [0.1, 0.15) is 38.5 Å². The van der Waals surface area contributed by atoms with Crippen LogP contribution in [0, 0.1) is 0 Å². The molecule has 1 aliphatic rings. The first kappa shape index (κ1) is 16.4. The standard InChI is InChI=1S/C17H24N6O/c1-22(17(24)13-7-4-2-3-5-8-13)9-6-10-23-12-21-14-15(18)19-11-20-16(14)23/h7,11-12H,2-6,8-10H2,1H3,(H2,18,19,20). The van der Waals surface area contributed by atoms with Gasteiger partial charge in [-0.2, -0.15) is 0 Å². The van der Waals surface area contributed by atoms with Crippen molar-refractivity contribution >= 4 is 22.9 Å². The zero-order chi connectivity index (χ0) is 16.9. The van der Waals surface area contributed by atoms with E-state index < -0.39 is 0 Å². The molecule has 2 heterocycles. The van der Waals surface area contributed by atoms with E-state index in [0.29, 0.717) is 17.9 Å². The van der Waals surface area contributed by atoms with Gasteiger partial charge in [0.2, 0.25) is 5.91 Å². The van der Waals surface area contributed by atoms with Gasteiger partial charge in [0.15, 0.2) is 11.5 Å². The van der Waals surface area contributed by atoms with Crippen LogP contribution in [0.2, 0.25) is 0 Å². The highest BCUT2D eigenvalue weighted by atomic mass is 16.2. The zero-order valence-electron chi connectivity index (χ0n) is 14.1. The molecule has 0 fully saturated rings. The maximum Gasteiger partial charge on any atom is 0.249 e. The predicted molar refractivity (Wildman–Crippen MR) is 93.2 cm³/mol.